The average Bonchev–Trinajstić information content (AvgIpc) is 3.05. The van der Waals surface area contributed by atoms with E-state index in [1.807, 2.05) is 58.3 Å². The van der Waals surface area contributed by atoms with E-state index >= 15 is 0 Å². The van der Waals surface area contributed by atoms with Crippen LogP contribution in [0.15, 0.2) is 82.8 Å². The van der Waals surface area contributed by atoms with Crippen molar-refractivity contribution in [1.82, 2.24) is 9.80 Å². The first-order valence-electron chi connectivity index (χ1n) is 15.4. The van der Waals surface area contributed by atoms with Crippen molar-refractivity contribution in [3.05, 3.63) is 95.1 Å². The molecule has 2 heterocycles. The van der Waals surface area contributed by atoms with Crippen LogP contribution in [0.2, 0.25) is 0 Å². The Hall–Kier alpha value is -5.52. The lowest BCUT2D eigenvalue weighted by Crippen LogP contribution is -2.43. The number of carbonyl (C=O) groups is 2. The molecule has 0 bridgehead atoms. The number of amides is 2. The summed E-state index contributed by atoms with van der Waals surface area (Å²) in [6.45, 7) is 6.79. The lowest BCUT2D eigenvalue weighted by atomic mass is 9.95. The number of aliphatic imine (C=N–C) groups is 2. The second-order valence-electron chi connectivity index (χ2n) is 11.4. The Morgan fingerprint density at radius 3 is 1.35 bits per heavy atom. The van der Waals surface area contributed by atoms with Crippen molar-refractivity contribution in [2.45, 2.75) is 38.5 Å². The van der Waals surface area contributed by atoms with E-state index in [9.17, 15) is 9.59 Å². The number of carbonyl (C=O) groups excluding carboxylic acids is 2. The molecule has 2 atom stereocenters. The number of rotatable bonds is 10. The molecule has 0 aliphatic carbocycles. The maximum Gasteiger partial charge on any atom is 0.255 e. The Morgan fingerprint density at radius 1 is 0.674 bits per heavy atom. The minimum atomic E-state index is -0.297. The molecule has 238 valence electrons. The summed E-state index contributed by atoms with van der Waals surface area (Å²) in [5.74, 6) is 0.366. The fourth-order valence-electron chi connectivity index (χ4n) is 5.61. The number of hydrogen-bond acceptors (Lipinski definition) is 6. The first-order chi connectivity index (χ1) is 22.2. The van der Waals surface area contributed by atoms with Gasteiger partial charge in [0.05, 0.1) is 11.8 Å². The highest BCUT2D eigenvalue weighted by molar-refractivity contribution is 6.07. The van der Waals surface area contributed by atoms with Crippen molar-refractivity contribution in [2.24, 2.45) is 21.5 Å². The number of guanidine groups is 2. The zero-order valence-electron chi connectivity index (χ0n) is 26.1. The van der Waals surface area contributed by atoms with Crippen molar-refractivity contribution in [3.63, 3.8) is 0 Å². The molecule has 0 saturated carbocycles. The first-order valence-corrected chi connectivity index (χ1v) is 15.4. The fourth-order valence-corrected chi connectivity index (χ4v) is 5.61. The number of nitrogens with one attached hydrogen (secondary N) is 4. The normalized spacial score (nSPS) is 18.1. The maximum absolute atomic E-state index is 12.9. The van der Waals surface area contributed by atoms with Crippen molar-refractivity contribution in [3.8, 4) is 0 Å². The van der Waals surface area contributed by atoms with Crippen LogP contribution in [-0.4, -0.2) is 71.4 Å². The molecule has 5 rings (SSSR count). The monoisotopic (exact) mass is 620 g/mol. The van der Waals surface area contributed by atoms with E-state index in [2.05, 4.69) is 34.5 Å². The van der Waals surface area contributed by atoms with Gasteiger partial charge in [0.1, 0.15) is 11.7 Å². The average molecular weight is 621 g/mol. The quantitative estimate of drug-likeness (QED) is 0.195. The molecular formula is C34H40N10O2. The van der Waals surface area contributed by atoms with Crippen LogP contribution in [0.25, 0.3) is 0 Å². The molecule has 2 unspecified atom stereocenters. The van der Waals surface area contributed by atoms with E-state index in [1.54, 1.807) is 24.3 Å². The van der Waals surface area contributed by atoms with Gasteiger partial charge >= 0.3 is 0 Å². The summed E-state index contributed by atoms with van der Waals surface area (Å²) in [5.41, 5.74) is 16.3. The number of benzene rings is 3. The number of nitrogens with zero attached hydrogens (tertiary/aromatic N) is 4. The molecule has 8 N–H and O–H groups in total. The van der Waals surface area contributed by atoms with E-state index in [-0.39, 0.29) is 35.6 Å². The Kier molecular flexibility index (Phi) is 9.75. The minimum absolute atomic E-state index is 0.125. The molecule has 0 fully saturated rings. The zero-order valence-corrected chi connectivity index (χ0v) is 26.1. The summed E-state index contributed by atoms with van der Waals surface area (Å²) in [6.07, 6.45) is 1.82. The van der Waals surface area contributed by atoms with Crippen LogP contribution in [0.1, 0.15) is 70.4 Å². The van der Waals surface area contributed by atoms with Gasteiger partial charge in [-0.2, -0.15) is 0 Å². The van der Waals surface area contributed by atoms with Crippen molar-refractivity contribution < 1.29 is 9.59 Å². The van der Waals surface area contributed by atoms with Crippen LogP contribution < -0.4 is 22.1 Å². The van der Waals surface area contributed by atoms with Crippen molar-refractivity contribution in [1.29, 1.82) is 10.8 Å². The van der Waals surface area contributed by atoms with Crippen molar-refractivity contribution >= 4 is 46.8 Å². The van der Waals surface area contributed by atoms with E-state index in [1.165, 1.54) is 0 Å². The van der Waals surface area contributed by atoms with Gasteiger partial charge < -0.3 is 31.9 Å². The molecule has 0 aromatic heterocycles. The fraction of sp³-hybridized carbons (Fsp3) is 0.294. The summed E-state index contributed by atoms with van der Waals surface area (Å²) in [5, 5.41) is 21.9. The molecule has 0 spiro atoms. The van der Waals surface area contributed by atoms with Gasteiger partial charge in [-0.1, -0.05) is 38.1 Å². The highest BCUT2D eigenvalue weighted by atomic mass is 16.2. The van der Waals surface area contributed by atoms with Gasteiger partial charge in [-0.15, -0.1) is 0 Å². The summed E-state index contributed by atoms with van der Waals surface area (Å²) in [4.78, 5) is 38.1. The topological polar surface area (TPSA) is 189 Å². The Balaban J connectivity index is 1.16. The van der Waals surface area contributed by atoms with Gasteiger partial charge in [-0.25, -0.2) is 9.98 Å². The summed E-state index contributed by atoms with van der Waals surface area (Å²) >= 11 is 0. The highest BCUT2D eigenvalue weighted by Gasteiger charge is 2.27. The molecular weight excluding hydrogens is 580 g/mol. The number of nitrogens with two attached hydrogens (primary N) is 2. The van der Waals surface area contributed by atoms with Crippen LogP contribution in [-0.2, 0) is 0 Å². The molecule has 12 nitrogen and oxygen atoms in total. The third-order valence-corrected chi connectivity index (χ3v) is 8.13. The van der Waals surface area contributed by atoms with Gasteiger partial charge in [0.25, 0.3) is 11.8 Å². The minimum Gasteiger partial charge on any atom is -0.386 e. The van der Waals surface area contributed by atoms with Crippen LogP contribution in [0, 0.1) is 10.8 Å². The predicted octanol–water partition coefficient (Wildman–Crippen LogP) is 4.39. The SMILES string of the molecule is CCCN1CC(c2ccc(NC(=O)c3ccc(C(=O)Nc4ccc(C5CN(CCC)C(=N)N=C5N)cc4)cc3)cc2)C(N)=NC1=N. The maximum atomic E-state index is 12.9. The van der Waals surface area contributed by atoms with Gasteiger partial charge in [0.2, 0.25) is 11.9 Å². The molecule has 3 aromatic carbocycles. The molecule has 2 aliphatic heterocycles. The first kappa shape index (κ1) is 31.9. The molecule has 2 amide bonds. The largest absolute Gasteiger partial charge is 0.386 e. The van der Waals surface area contributed by atoms with Gasteiger partial charge in [-0.3, -0.25) is 20.4 Å². The molecule has 0 radical (unpaired) electrons. The highest BCUT2D eigenvalue weighted by Crippen LogP contribution is 2.25. The van der Waals surface area contributed by atoms with Gasteiger partial charge in [0, 0.05) is 48.7 Å². The molecule has 46 heavy (non-hydrogen) atoms. The Labute approximate surface area is 268 Å². The Morgan fingerprint density at radius 2 is 1.02 bits per heavy atom. The number of anilines is 2. The Bertz CT molecular complexity index is 1540. The second-order valence-corrected chi connectivity index (χ2v) is 11.4. The van der Waals surface area contributed by atoms with Crippen molar-refractivity contribution in [2.75, 3.05) is 36.8 Å². The molecule has 12 heteroatoms. The standard InChI is InChI=1S/C34H40N10O2/c1-3-17-43-19-27(29(35)41-33(43)37)21-9-13-25(14-10-21)39-31(45)23-5-7-24(8-6-23)32(46)40-26-15-11-22(12-16-26)28-20-44(18-4-2)34(38)42-30(28)36/h5-16,27-28H,3-4,17-20H2,1-2H3,(H,39,45)(H,40,46)(H3,35,37,41)(H3,36,38,42). The van der Waals surface area contributed by atoms with Gasteiger partial charge in [-0.05, 0) is 72.5 Å². The third-order valence-electron chi connectivity index (χ3n) is 8.13. The number of amidine groups is 2. The third kappa shape index (κ3) is 7.23. The smallest absolute Gasteiger partial charge is 0.255 e. The van der Waals surface area contributed by atoms with Crippen LogP contribution in [0.4, 0.5) is 11.4 Å². The number of hydrogen-bond donors (Lipinski definition) is 6. The summed E-state index contributed by atoms with van der Waals surface area (Å²) < 4.78 is 0. The summed E-state index contributed by atoms with van der Waals surface area (Å²) in [6, 6.07) is 21.4. The lowest BCUT2D eigenvalue weighted by Gasteiger charge is -2.32. The van der Waals surface area contributed by atoms with Crippen LogP contribution in [0.3, 0.4) is 0 Å². The summed E-state index contributed by atoms with van der Waals surface area (Å²) in [7, 11) is 0. The predicted molar refractivity (Wildman–Crippen MR) is 183 cm³/mol. The zero-order chi connectivity index (χ0) is 32.8. The van der Waals surface area contributed by atoms with Crippen LogP contribution in [0.5, 0.6) is 0 Å². The van der Waals surface area contributed by atoms with E-state index in [0.29, 0.717) is 47.3 Å². The van der Waals surface area contributed by atoms with Crippen LogP contribution >= 0.6 is 0 Å². The molecule has 0 saturated heterocycles. The van der Waals surface area contributed by atoms with E-state index < -0.39 is 0 Å². The molecule has 3 aromatic rings. The lowest BCUT2D eigenvalue weighted by molar-refractivity contribution is 0.101. The van der Waals surface area contributed by atoms with Gasteiger partial charge in [0.15, 0.2) is 0 Å². The molecule has 2 aliphatic rings. The van der Waals surface area contributed by atoms with E-state index in [0.717, 1.165) is 37.1 Å². The van der Waals surface area contributed by atoms with E-state index in [4.69, 9.17) is 22.3 Å². The second kappa shape index (κ2) is 14.1.